The Hall–Kier alpha value is 1.52. The van der Waals surface area contributed by atoms with Gasteiger partial charge in [-0.1, -0.05) is 58.9 Å². The fourth-order valence-corrected chi connectivity index (χ4v) is 0. The molecule has 0 saturated heterocycles. The summed E-state index contributed by atoms with van der Waals surface area (Å²) in [7, 11) is -2.58. The summed E-state index contributed by atoms with van der Waals surface area (Å²) in [6.07, 6.45) is 0. The molecule has 100 valence electrons. The van der Waals surface area contributed by atoms with Crippen molar-refractivity contribution >= 4 is 24.2 Å². The molecule has 0 radical (unpaired) electrons. The zero-order valence-electron chi connectivity index (χ0n) is 13.1. The molecule has 0 saturated carbocycles. The van der Waals surface area contributed by atoms with E-state index in [2.05, 4.69) is 78.6 Å². The summed E-state index contributed by atoms with van der Waals surface area (Å²) in [5.41, 5.74) is 0. The Morgan fingerprint density at radius 3 is 0.438 bits per heavy atom. The van der Waals surface area contributed by atoms with Crippen molar-refractivity contribution in [2.75, 3.05) is 0 Å². The Bertz CT molecular complexity index is 91.3. The minimum absolute atomic E-state index is 0. The van der Waals surface area contributed by atoms with Crippen molar-refractivity contribution in [3.63, 3.8) is 0 Å². The van der Waals surface area contributed by atoms with Gasteiger partial charge in [-0.3, -0.25) is 0 Å². The molecule has 0 fully saturated rings. The summed E-state index contributed by atoms with van der Waals surface area (Å²) >= 11 is 0. The first-order valence-electron chi connectivity index (χ1n) is 5.56. The van der Waals surface area contributed by atoms with E-state index in [-0.39, 0.29) is 25.8 Å². The molecule has 0 aliphatic rings. The van der Waals surface area contributed by atoms with Crippen molar-refractivity contribution in [3.05, 3.63) is 19.6 Å². The summed E-state index contributed by atoms with van der Waals surface area (Å²) in [6, 6.07) is 0. The predicted octanol–water partition coefficient (Wildman–Crippen LogP) is 5.09. The third-order valence-electron chi connectivity index (χ3n) is 0. The van der Waals surface area contributed by atoms with Crippen LogP contribution in [0.15, 0.2) is 0 Å². The van der Waals surface area contributed by atoms with E-state index >= 15 is 0 Å². The van der Waals surface area contributed by atoms with Crippen LogP contribution in [0.1, 0.15) is 0 Å². The van der Waals surface area contributed by atoms with Crippen molar-refractivity contribution in [2.45, 2.75) is 58.9 Å². The smallest absolute Gasteiger partial charge is 0 e. The second kappa shape index (κ2) is 10.4. The second-order valence-corrected chi connectivity index (χ2v) is 23.0. The van der Waals surface area contributed by atoms with Gasteiger partial charge in [-0.15, -0.1) is 24.2 Å². The molecule has 0 unspecified atom stereocenters. The van der Waals surface area contributed by atoms with E-state index in [0.29, 0.717) is 0 Å². The van der Waals surface area contributed by atoms with Crippen molar-refractivity contribution in [2.24, 2.45) is 0 Å². The second-order valence-electron chi connectivity index (χ2n) is 7.68. The van der Waals surface area contributed by atoms with Gasteiger partial charge in [0, 0.05) is 25.8 Å². The SMILES string of the molecule is [CH2-][Si](C)(C)C.[CH2-][Si](C)(C)C.[CH2-][Si](C)(C)C.[Hf]. The van der Waals surface area contributed by atoms with E-state index in [9.17, 15) is 0 Å². The average molecular weight is 440 g/mol. The maximum Gasteiger partial charge on any atom is 0 e. The quantitative estimate of drug-likeness (QED) is 0.364. The van der Waals surface area contributed by atoms with Crippen molar-refractivity contribution < 1.29 is 25.8 Å². The third-order valence-corrected chi connectivity index (χ3v) is 0. The van der Waals surface area contributed by atoms with Crippen LogP contribution < -0.4 is 0 Å². The molecule has 0 spiro atoms. The summed E-state index contributed by atoms with van der Waals surface area (Å²) in [6.45, 7) is 31.7. The predicted molar refractivity (Wildman–Crippen MR) is 86.1 cm³/mol. The molecule has 0 atom stereocenters. The summed E-state index contributed by atoms with van der Waals surface area (Å²) in [5.74, 6) is 0. The summed E-state index contributed by atoms with van der Waals surface area (Å²) < 4.78 is 0. The van der Waals surface area contributed by atoms with Crippen LogP contribution in [0.25, 0.3) is 0 Å². The van der Waals surface area contributed by atoms with E-state index in [1.165, 1.54) is 0 Å². The van der Waals surface area contributed by atoms with Gasteiger partial charge in [-0.25, -0.2) is 0 Å². The molecule has 0 heterocycles. The zero-order valence-corrected chi connectivity index (χ0v) is 19.7. The fourth-order valence-electron chi connectivity index (χ4n) is 0. The first-order valence-corrected chi connectivity index (χ1v) is 16.7. The fraction of sp³-hybridized carbons (Fsp3) is 0.750. The van der Waals surface area contributed by atoms with Gasteiger partial charge in [-0.2, -0.15) is 0 Å². The van der Waals surface area contributed by atoms with Gasteiger partial charge < -0.3 is 19.6 Å². The Balaban J connectivity index is -0.0000000655. The Kier molecular flexibility index (Phi) is 17.1. The maximum atomic E-state index is 3.91. The molecule has 0 aliphatic heterocycles. The molecule has 16 heavy (non-hydrogen) atoms. The van der Waals surface area contributed by atoms with Crippen molar-refractivity contribution in [1.82, 2.24) is 0 Å². The average Bonchev–Trinajstić information content (AvgIpc) is 1.41. The number of hydrogen-bond donors (Lipinski definition) is 0. The largest absolute Gasteiger partial charge is 0.342 e. The van der Waals surface area contributed by atoms with Crippen LogP contribution in [0.3, 0.4) is 0 Å². The molecule has 4 heteroatoms. The van der Waals surface area contributed by atoms with Crippen LogP contribution in [0.5, 0.6) is 0 Å². The standard InChI is InChI=1S/3C4H11Si.Hf/c3*1-5(2,3)4;/h3*1H2,2-4H3;/q3*-1;. The van der Waals surface area contributed by atoms with E-state index in [0.717, 1.165) is 0 Å². The van der Waals surface area contributed by atoms with Gasteiger partial charge in [0.1, 0.15) is 0 Å². The first kappa shape index (κ1) is 26.2. The first-order chi connectivity index (χ1) is 6.00. The van der Waals surface area contributed by atoms with Crippen molar-refractivity contribution in [3.8, 4) is 0 Å². The minimum Gasteiger partial charge on any atom is -0.342 e. The molecule has 0 aromatic rings. The van der Waals surface area contributed by atoms with E-state index in [4.69, 9.17) is 0 Å². The molecule has 0 aromatic carbocycles. The normalized spacial score (nSPS) is 11.2. The minimum atomic E-state index is -0.861. The van der Waals surface area contributed by atoms with Crippen LogP contribution in [0.4, 0.5) is 0 Å². The van der Waals surface area contributed by atoms with Crippen molar-refractivity contribution in [1.29, 1.82) is 0 Å². The van der Waals surface area contributed by atoms with Gasteiger partial charge in [0.05, 0.1) is 0 Å². The van der Waals surface area contributed by atoms with Gasteiger partial charge in [0.2, 0.25) is 0 Å². The van der Waals surface area contributed by atoms with E-state index in [1.54, 1.807) is 0 Å². The van der Waals surface area contributed by atoms with Gasteiger partial charge in [-0.05, 0) is 0 Å². The Morgan fingerprint density at radius 2 is 0.438 bits per heavy atom. The topological polar surface area (TPSA) is 0 Å². The molecular weight excluding hydrogens is 407 g/mol. The molecule has 0 rings (SSSR count). The van der Waals surface area contributed by atoms with Crippen LogP contribution in [0.2, 0.25) is 58.9 Å². The molecule has 0 nitrogen and oxygen atoms in total. The van der Waals surface area contributed by atoms with Crippen LogP contribution in [-0.4, -0.2) is 24.2 Å². The van der Waals surface area contributed by atoms with E-state index < -0.39 is 24.2 Å². The molecule has 0 aromatic heterocycles. The molecule has 0 amide bonds. The van der Waals surface area contributed by atoms with Gasteiger partial charge >= 0.3 is 0 Å². The van der Waals surface area contributed by atoms with Crippen LogP contribution >= 0.6 is 0 Å². The zero-order chi connectivity index (χ0) is 13.5. The molecule has 0 aliphatic carbocycles. The monoisotopic (exact) mass is 441 g/mol. The van der Waals surface area contributed by atoms with Gasteiger partial charge in [0.25, 0.3) is 0 Å². The van der Waals surface area contributed by atoms with Crippen LogP contribution in [-0.2, 0) is 25.8 Å². The molecule has 0 bridgehead atoms. The molecular formula is C12H33HfSi3-3. The molecule has 0 N–H and O–H groups in total. The third kappa shape index (κ3) is 1420. The number of hydrogen-bond acceptors (Lipinski definition) is 0. The van der Waals surface area contributed by atoms with E-state index in [1.807, 2.05) is 0 Å². The summed E-state index contributed by atoms with van der Waals surface area (Å²) in [4.78, 5) is 0. The maximum absolute atomic E-state index is 3.91. The Morgan fingerprint density at radius 1 is 0.438 bits per heavy atom. The van der Waals surface area contributed by atoms with Crippen LogP contribution in [0, 0.1) is 19.6 Å². The number of rotatable bonds is 0. The summed E-state index contributed by atoms with van der Waals surface area (Å²) in [5, 5.41) is 0. The Labute approximate surface area is 128 Å². The van der Waals surface area contributed by atoms with Gasteiger partial charge in [0.15, 0.2) is 0 Å².